The van der Waals surface area contributed by atoms with Crippen LogP contribution in [-0.2, 0) is 6.54 Å². The molecule has 2 aromatic heterocycles. The molecule has 0 aliphatic rings. The molecule has 1 N–H and O–H groups in total. The molecule has 0 aliphatic heterocycles. The van der Waals surface area contributed by atoms with Crippen LogP contribution in [0.3, 0.4) is 0 Å². The van der Waals surface area contributed by atoms with E-state index in [-0.39, 0.29) is 10.2 Å². The molecule has 0 saturated carbocycles. The minimum atomic E-state index is -0.590. The molecule has 0 unspecified atom stereocenters. The van der Waals surface area contributed by atoms with Gasteiger partial charge < -0.3 is 9.88 Å². The number of hydrogen-bond acceptors (Lipinski definition) is 3. The fourth-order valence-corrected chi connectivity index (χ4v) is 2.48. The van der Waals surface area contributed by atoms with Gasteiger partial charge >= 0.3 is 0 Å². The quantitative estimate of drug-likeness (QED) is 0.691. The van der Waals surface area contributed by atoms with Gasteiger partial charge in [0.05, 0.1) is 11.9 Å². The van der Waals surface area contributed by atoms with Gasteiger partial charge in [0, 0.05) is 18.9 Å². The van der Waals surface area contributed by atoms with E-state index in [0.717, 1.165) is 11.6 Å². The van der Waals surface area contributed by atoms with E-state index in [4.69, 9.17) is 0 Å². The van der Waals surface area contributed by atoms with Crippen molar-refractivity contribution in [3.05, 3.63) is 76.2 Å². The number of aryl methyl sites for hydroxylation is 1. The number of nitrogens with one attached hydrogen (secondary N) is 1. The lowest BCUT2D eigenvalue weighted by molar-refractivity contribution is 0.102. The highest BCUT2D eigenvalue weighted by Crippen LogP contribution is 2.14. The van der Waals surface area contributed by atoms with Crippen molar-refractivity contribution in [1.29, 1.82) is 0 Å². The molecular formula is C17H14BrFN4O. The van der Waals surface area contributed by atoms with Crippen molar-refractivity contribution >= 4 is 27.7 Å². The number of imidazole rings is 1. The molecule has 0 bridgehead atoms. The van der Waals surface area contributed by atoms with Gasteiger partial charge in [0.25, 0.3) is 5.91 Å². The zero-order valence-corrected chi connectivity index (χ0v) is 14.4. The smallest absolute Gasteiger partial charge is 0.258 e. The minimum absolute atomic E-state index is 0.0708. The normalized spacial score (nSPS) is 10.6. The van der Waals surface area contributed by atoms with E-state index in [1.807, 2.05) is 29.7 Å². The van der Waals surface area contributed by atoms with Crippen LogP contribution in [-0.4, -0.2) is 20.4 Å². The Labute approximate surface area is 146 Å². The molecule has 0 fully saturated rings. The summed E-state index contributed by atoms with van der Waals surface area (Å²) >= 11 is 2.95. The summed E-state index contributed by atoms with van der Waals surface area (Å²) in [6.45, 7) is 2.69. The molecule has 122 valence electrons. The number of carbonyl (C=O) groups excluding carboxylic acids is 1. The lowest BCUT2D eigenvalue weighted by atomic mass is 10.1. The number of hydrogen-bond donors (Lipinski definition) is 1. The third kappa shape index (κ3) is 3.86. The number of rotatable bonds is 4. The Hall–Kier alpha value is -2.54. The summed E-state index contributed by atoms with van der Waals surface area (Å²) in [6.07, 6.45) is 4.66. The largest absolute Gasteiger partial charge is 0.331 e. The molecule has 2 heterocycles. The maximum Gasteiger partial charge on any atom is 0.258 e. The first-order chi connectivity index (χ1) is 11.5. The Bertz CT molecular complexity index is 894. The SMILES string of the molecule is Cc1cccc(Cn2cnc(NC(=O)c3cnc(Br)c(F)c3)c2)c1. The third-order valence-corrected chi connectivity index (χ3v) is 3.96. The standard InChI is InChI=1S/C17H14BrFN4O/c1-11-3-2-4-12(5-11)8-23-9-15(21-10-23)22-17(24)13-6-14(19)16(18)20-7-13/h2-7,9-10H,8H2,1H3,(H,22,24). The zero-order chi connectivity index (χ0) is 17.1. The van der Waals surface area contributed by atoms with Crippen LogP contribution in [0.4, 0.5) is 10.2 Å². The van der Waals surface area contributed by atoms with Crippen molar-refractivity contribution in [2.75, 3.05) is 5.32 Å². The molecule has 24 heavy (non-hydrogen) atoms. The Kier molecular flexibility index (Phi) is 4.71. The molecular weight excluding hydrogens is 375 g/mol. The van der Waals surface area contributed by atoms with Gasteiger partial charge in [-0.2, -0.15) is 0 Å². The van der Waals surface area contributed by atoms with Gasteiger partial charge in [0.15, 0.2) is 11.6 Å². The summed E-state index contributed by atoms with van der Waals surface area (Å²) in [5.74, 6) is -0.654. The van der Waals surface area contributed by atoms with E-state index in [1.165, 1.54) is 11.8 Å². The van der Waals surface area contributed by atoms with Crippen LogP contribution in [0.15, 0.2) is 53.7 Å². The van der Waals surface area contributed by atoms with Crippen LogP contribution in [0, 0.1) is 12.7 Å². The van der Waals surface area contributed by atoms with E-state index >= 15 is 0 Å². The first-order valence-electron chi connectivity index (χ1n) is 7.21. The lowest BCUT2D eigenvalue weighted by Crippen LogP contribution is -2.13. The Balaban J connectivity index is 1.69. The molecule has 0 saturated heterocycles. The van der Waals surface area contributed by atoms with Crippen molar-refractivity contribution in [3.8, 4) is 0 Å². The van der Waals surface area contributed by atoms with E-state index in [9.17, 15) is 9.18 Å². The number of nitrogens with zero attached hydrogens (tertiary/aromatic N) is 3. The minimum Gasteiger partial charge on any atom is -0.331 e. The van der Waals surface area contributed by atoms with Crippen LogP contribution in [0.5, 0.6) is 0 Å². The second kappa shape index (κ2) is 6.92. The molecule has 1 aromatic carbocycles. The van der Waals surface area contributed by atoms with Crippen molar-refractivity contribution in [2.24, 2.45) is 0 Å². The maximum atomic E-state index is 13.4. The highest BCUT2D eigenvalue weighted by Gasteiger charge is 2.11. The average molecular weight is 389 g/mol. The first kappa shape index (κ1) is 16.3. The summed E-state index contributed by atoms with van der Waals surface area (Å²) < 4.78 is 15.4. The molecule has 0 atom stereocenters. The maximum absolute atomic E-state index is 13.4. The summed E-state index contributed by atoms with van der Waals surface area (Å²) in [6, 6.07) is 9.28. The summed E-state index contributed by atoms with van der Waals surface area (Å²) in [5, 5.41) is 2.63. The Morgan fingerprint density at radius 2 is 2.17 bits per heavy atom. The van der Waals surface area contributed by atoms with Gasteiger partial charge in [-0.1, -0.05) is 29.8 Å². The second-order valence-electron chi connectivity index (χ2n) is 5.37. The predicted molar refractivity (Wildman–Crippen MR) is 92.4 cm³/mol. The van der Waals surface area contributed by atoms with E-state index in [2.05, 4.69) is 37.3 Å². The topological polar surface area (TPSA) is 59.8 Å². The van der Waals surface area contributed by atoms with Gasteiger partial charge in [-0.25, -0.2) is 14.4 Å². The fraction of sp³-hybridized carbons (Fsp3) is 0.118. The number of pyridine rings is 1. The van der Waals surface area contributed by atoms with Gasteiger partial charge in [-0.3, -0.25) is 4.79 Å². The lowest BCUT2D eigenvalue weighted by Gasteiger charge is -2.04. The van der Waals surface area contributed by atoms with E-state index in [1.54, 1.807) is 12.5 Å². The van der Waals surface area contributed by atoms with Crippen LogP contribution in [0.25, 0.3) is 0 Å². The molecule has 3 aromatic rings. The molecule has 7 heteroatoms. The van der Waals surface area contributed by atoms with Crippen molar-refractivity contribution in [1.82, 2.24) is 14.5 Å². The summed E-state index contributed by atoms with van der Waals surface area (Å²) in [7, 11) is 0. The van der Waals surface area contributed by atoms with Crippen LogP contribution in [0.1, 0.15) is 21.5 Å². The average Bonchev–Trinajstić information content (AvgIpc) is 2.97. The van der Waals surface area contributed by atoms with Crippen molar-refractivity contribution < 1.29 is 9.18 Å². The fourth-order valence-electron chi connectivity index (χ4n) is 2.27. The number of anilines is 1. The van der Waals surface area contributed by atoms with Gasteiger partial charge in [0.2, 0.25) is 0 Å². The van der Waals surface area contributed by atoms with Crippen LogP contribution < -0.4 is 5.32 Å². The predicted octanol–water partition coefficient (Wildman–Crippen LogP) is 3.79. The first-order valence-corrected chi connectivity index (χ1v) is 8.00. The molecule has 3 rings (SSSR count). The summed E-state index contributed by atoms with van der Waals surface area (Å²) in [4.78, 5) is 20.0. The van der Waals surface area contributed by atoms with Crippen LogP contribution in [0.2, 0.25) is 0 Å². The molecule has 1 amide bonds. The number of halogens is 2. The van der Waals surface area contributed by atoms with Gasteiger partial charge in [-0.05, 0) is 34.5 Å². The second-order valence-corrected chi connectivity index (χ2v) is 6.12. The van der Waals surface area contributed by atoms with Crippen molar-refractivity contribution in [2.45, 2.75) is 13.5 Å². The van der Waals surface area contributed by atoms with E-state index < -0.39 is 11.7 Å². The number of carbonyl (C=O) groups is 1. The molecule has 0 radical (unpaired) electrons. The van der Waals surface area contributed by atoms with Crippen molar-refractivity contribution in [3.63, 3.8) is 0 Å². The Morgan fingerprint density at radius 1 is 1.33 bits per heavy atom. The summed E-state index contributed by atoms with van der Waals surface area (Å²) in [5.41, 5.74) is 2.46. The number of aromatic nitrogens is 3. The monoisotopic (exact) mass is 388 g/mol. The molecule has 5 nitrogen and oxygen atoms in total. The van der Waals surface area contributed by atoms with Crippen LogP contribution >= 0.6 is 15.9 Å². The number of amides is 1. The highest BCUT2D eigenvalue weighted by atomic mass is 79.9. The van der Waals surface area contributed by atoms with Gasteiger partial charge in [0.1, 0.15) is 4.60 Å². The molecule has 0 spiro atoms. The van der Waals surface area contributed by atoms with E-state index in [0.29, 0.717) is 12.4 Å². The molecule has 0 aliphatic carbocycles. The third-order valence-electron chi connectivity index (χ3n) is 3.38. The Morgan fingerprint density at radius 3 is 2.92 bits per heavy atom. The highest BCUT2D eigenvalue weighted by molar-refractivity contribution is 9.10. The van der Waals surface area contributed by atoms with Gasteiger partial charge in [-0.15, -0.1) is 0 Å². The zero-order valence-electron chi connectivity index (χ0n) is 12.8. The number of benzene rings is 1.